The van der Waals surface area contributed by atoms with Crippen molar-refractivity contribution >= 4 is 23.4 Å². The first-order valence-electron chi connectivity index (χ1n) is 13.6. The fraction of sp³-hybridized carbons (Fsp3) is 0.448. The Labute approximate surface area is 233 Å². The number of nitrogens with two attached hydrogens (primary N) is 2. The average Bonchev–Trinajstić information content (AvgIpc) is 2.97. The maximum Gasteiger partial charge on any atom is 0.256 e. The first-order chi connectivity index (χ1) is 19.3. The first kappa shape index (κ1) is 29.3. The van der Waals surface area contributed by atoms with Gasteiger partial charge in [-0.1, -0.05) is 24.3 Å². The van der Waals surface area contributed by atoms with Gasteiger partial charge in [0.05, 0.1) is 24.8 Å². The van der Waals surface area contributed by atoms with Crippen molar-refractivity contribution in [3.8, 4) is 0 Å². The lowest BCUT2D eigenvalue weighted by atomic mass is 9.96. The lowest BCUT2D eigenvalue weighted by Gasteiger charge is -2.37. The third kappa shape index (κ3) is 7.29. The van der Waals surface area contributed by atoms with Gasteiger partial charge in [0.15, 0.2) is 0 Å². The average molecular weight is 553 g/mol. The van der Waals surface area contributed by atoms with Crippen molar-refractivity contribution in [1.82, 2.24) is 14.7 Å². The fourth-order valence-corrected chi connectivity index (χ4v) is 5.20. The molecule has 2 saturated heterocycles. The van der Waals surface area contributed by atoms with Gasteiger partial charge >= 0.3 is 0 Å². The van der Waals surface area contributed by atoms with Crippen LogP contribution in [0.15, 0.2) is 42.5 Å². The Morgan fingerprint density at radius 2 is 1.57 bits per heavy atom. The number of benzene rings is 2. The number of piperazine rings is 1. The van der Waals surface area contributed by atoms with Crippen molar-refractivity contribution in [2.24, 2.45) is 11.5 Å². The minimum absolute atomic E-state index is 0.0244. The molecule has 0 unspecified atom stereocenters. The molecule has 2 aliphatic heterocycles. The van der Waals surface area contributed by atoms with Crippen LogP contribution in [0.3, 0.4) is 0 Å². The van der Waals surface area contributed by atoms with Gasteiger partial charge in [-0.2, -0.15) is 0 Å². The molecule has 5 N–H and O–H groups in total. The van der Waals surface area contributed by atoms with E-state index in [9.17, 15) is 18.8 Å². The van der Waals surface area contributed by atoms with Crippen LogP contribution < -0.4 is 11.5 Å². The molecule has 11 heteroatoms. The number of hydrogen-bond acceptors (Lipinski definition) is 7. The molecule has 2 aromatic rings. The van der Waals surface area contributed by atoms with Crippen molar-refractivity contribution in [2.75, 3.05) is 59.0 Å². The predicted octanol–water partition coefficient (Wildman–Crippen LogP) is 1.26. The minimum Gasteiger partial charge on any atom is -0.377 e. The van der Waals surface area contributed by atoms with Gasteiger partial charge < -0.3 is 31.4 Å². The normalized spacial score (nSPS) is 16.6. The lowest BCUT2D eigenvalue weighted by molar-refractivity contribution is -0.134. The number of halogens is 1. The summed E-state index contributed by atoms with van der Waals surface area (Å²) in [5, 5.41) is 8.47. The molecule has 0 aliphatic carbocycles. The Bertz CT molecular complexity index is 1240. The summed E-state index contributed by atoms with van der Waals surface area (Å²) in [5.74, 6) is -1.70. The molecule has 2 heterocycles. The quantitative estimate of drug-likeness (QED) is 0.378. The van der Waals surface area contributed by atoms with Crippen LogP contribution in [-0.4, -0.2) is 103 Å². The van der Waals surface area contributed by atoms with Crippen LogP contribution in [0, 0.1) is 11.2 Å². The summed E-state index contributed by atoms with van der Waals surface area (Å²) in [6.45, 7) is 4.36. The Morgan fingerprint density at radius 1 is 0.925 bits per heavy atom. The number of likely N-dealkylation sites (tertiary alicyclic amines) is 1. The first-order valence-corrected chi connectivity index (χ1v) is 13.6. The minimum atomic E-state index is -0.643. The van der Waals surface area contributed by atoms with Crippen LogP contribution in [0.25, 0.3) is 0 Å². The molecule has 0 radical (unpaired) electrons. The number of primary amides is 1. The number of piperidine rings is 1. The topological polar surface area (TPSA) is 146 Å². The molecular formula is C29H37FN6O4. The van der Waals surface area contributed by atoms with E-state index >= 15 is 0 Å². The van der Waals surface area contributed by atoms with Crippen molar-refractivity contribution in [2.45, 2.75) is 25.4 Å². The second kappa shape index (κ2) is 13.6. The van der Waals surface area contributed by atoms with Gasteiger partial charge in [-0.3, -0.25) is 19.3 Å². The van der Waals surface area contributed by atoms with Crippen LogP contribution >= 0.6 is 0 Å². The molecule has 2 aromatic carbocycles. The van der Waals surface area contributed by atoms with Gasteiger partial charge in [-0.15, -0.1) is 0 Å². The molecule has 0 aromatic heterocycles. The van der Waals surface area contributed by atoms with Crippen molar-refractivity contribution < 1.29 is 23.5 Å². The molecule has 2 aliphatic rings. The summed E-state index contributed by atoms with van der Waals surface area (Å²) in [4.78, 5) is 43.3. The van der Waals surface area contributed by atoms with E-state index < -0.39 is 17.6 Å². The summed E-state index contributed by atoms with van der Waals surface area (Å²) in [5.41, 5.74) is 12.2. The Kier molecular flexibility index (Phi) is 9.97. The van der Waals surface area contributed by atoms with Crippen molar-refractivity contribution in [1.29, 1.82) is 5.41 Å². The van der Waals surface area contributed by atoms with Crippen molar-refractivity contribution in [3.63, 3.8) is 0 Å². The highest BCUT2D eigenvalue weighted by Gasteiger charge is 2.28. The summed E-state index contributed by atoms with van der Waals surface area (Å²) < 4.78 is 20.4. The number of hydrogen-bond donors (Lipinski definition) is 3. The number of carbonyl (C=O) groups excluding carboxylic acids is 3. The number of nitrogens with zero attached hydrogens (tertiary/aromatic N) is 3. The molecule has 0 saturated carbocycles. The number of carbonyl (C=O) groups is 3. The van der Waals surface area contributed by atoms with Gasteiger partial charge in [0.25, 0.3) is 5.91 Å². The van der Waals surface area contributed by atoms with E-state index in [2.05, 4.69) is 4.90 Å². The fourth-order valence-electron chi connectivity index (χ4n) is 5.20. The third-order valence-electron chi connectivity index (χ3n) is 7.44. The highest BCUT2D eigenvalue weighted by molar-refractivity contribution is 6.09. The maximum absolute atomic E-state index is 14.7. The molecule has 3 amide bonds. The predicted molar refractivity (Wildman–Crippen MR) is 149 cm³/mol. The summed E-state index contributed by atoms with van der Waals surface area (Å²) in [6, 6.07) is 10.8. The zero-order chi connectivity index (χ0) is 28.6. The highest BCUT2D eigenvalue weighted by atomic mass is 19.1. The zero-order valence-corrected chi connectivity index (χ0v) is 22.6. The molecule has 4 rings (SSSR count). The third-order valence-corrected chi connectivity index (χ3v) is 7.44. The number of rotatable bonds is 10. The monoisotopic (exact) mass is 552 g/mol. The van der Waals surface area contributed by atoms with Crippen LogP contribution in [0.1, 0.15) is 44.7 Å². The second-order valence-corrected chi connectivity index (χ2v) is 10.2. The summed E-state index contributed by atoms with van der Waals surface area (Å²) >= 11 is 0. The highest BCUT2D eigenvalue weighted by Crippen LogP contribution is 2.19. The van der Waals surface area contributed by atoms with Gasteiger partial charge in [0.1, 0.15) is 5.82 Å². The van der Waals surface area contributed by atoms with E-state index in [-0.39, 0.29) is 35.3 Å². The van der Waals surface area contributed by atoms with Gasteiger partial charge in [-0.05, 0) is 36.6 Å². The molecule has 2 fully saturated rings. The largest absolute Gasteiger partial charge is 0.377 e. The molecule has 40 heavy (non-hydrogen) atoms. The van der Waals surface area contributed by atoms with Crippen LogP contribution in [0.2, 0.25) is 0 Å². The maximum atomic E-state index is 14.7. The van der Waals surface area contributed by atoms with Crippen LogP contribution in [0.4, 0.5) is 4.39 Å². The number of amides is 3. The molecule has 0 atom stereocenters. The van der Waals surface area contributed by atoms with Crippen LogP contribution in [-0.2, 0) is 16.0 Å². The SMILES string of the molecule is N=C(Cc1ccc(F)c(C(=O)N2CCN(C(=O)CN3CCC(OCCN)CC3)CC2)c1)c1ccccc1C(N)=O. The Balaban J connectivity index is 1.31. The van der Waals surface area contributed by atoms with E-state index in [1.165, 1.54) is 18.2 Å². The summed E-state index contributed by atoms with van der Waals surface area (Å²) in [6.07, 6.45) is 2.04. The molecular weight excluding hydrogens is 515 g/mol. The second-order valence-electron chi connectivity index (χ2n) is 10.2. The zero-order valence-electron chi connectivity index (χ0n) is 22.6. The molecule has 0 bridgehead atoms. The molecule has 10 nitrogen and oxygen atoms in total. The van der Waals surface area contributed by atoms with Gasteiger partial charge in [-0.25, -0.2) is 4.39 Å². The van der Waals surface area contributed by atoms with Crippen LogP contribution in [0.5, 0.6) is 0 Å². The molecule has 214 valence electrons. The van der Waals surface area contributed by atoms with E-state index in [1.807, 2.05) is 0 Å². The van der Waals surface area contributed by atoms with E-state index in [0.29, 0.717) is 57.0 Å². The summed E-state index contributed by atoms with van der Waals surface area (Å²) in [7, 11) is 0. The lowest BCUT2D eigenvalue weighted by Crippen LogP contribution is -2.53. The number of ether oxygens (including phenoxy) is 1. The van der Waals surface area contributed by atoms with E-state index in [1.54, 1.807) is 34.1 Å². The molecule has 0 spiro atoms. The standard InChI is InChI=1S/C29H37FN6O4/c30-25-6-5-20(18-26(32)22-3-1-2-4-23(22)28(33)38)17-24(25)29(39)36-14-12-35(13-15-36)27(37)19-34-10-7-21(8-11-34)40-16-9-31/h1-6,17,21,32H,7-16,18-19,31H2,(H2,33,38). The Hall–Kier alpha value is -3.67. The van der Waals surface area contributed by atoms with Gasteiger partial charge in [0.2, 0.25) is 11.8 Å². The smallest absolute Gasteiger partial charge is 0.256 e. The number of nitrogens with one attached hydrogen (secondary N) is 1. The van der Waals surface area contributed by atoms with Crippen molar-refractivity contribution in [3.05, 3.63) is 70.5 Å². The van der Waals surface area contributed by atoms with E-state index in [4.69, 9.17) is 21.6 Å². The van der Waals surface area contributed by atoms with E-state index in [0.717, 1.165) is 25.9 Å². The Morgan fingerprint density at radius 3 is 2.23 bits per heavy atom. The van der Waals surface area contributed by atoms with Gasteiger partial charge in [0, 0.05) is 69.1 Å².